The number of ether oxygens (including phenoxy) is 1. The zero-order valence-electron chi connectivity index (χ0n) is 12.7. The van der Waals surface area contributed by atoms with Crippen LogP contribution in [0.4, 0.5) is 0 Å². The Morgan fingerprint density at radius 1 is 1.11 bits per heavy atom. The van der Waals surface area contributed by atoms with Gasteiger partial charge in [0.1, 0.15) is 5.75 Å². The summed E-state index contributed by atoms with van der Waals surface area (Å²) in [5.74, 6) is -0.750. The second-order valence-electron chi connectivity index (χ2n) is 6.13. The van der Waals surface area contributed by atoms with Gasteiger partial charge in [0.25, 0.3) is 0 Å². The van der Waals surface area contributed by atoms with Crippen molar-refractivity contribution in [2.24, 2.45) is 5.41 Å². The number of benzene rings is 1. The van der Waals surface area contributed by atoms with Gasteiger partial charge >= 0.3 is 0 Å². The highest BCUT2D eigenvalue weighted by Crippen LogP contribution is 2.33. The van der Waals surface area contributed by atoms with Crippen molar-refractivity contribution in [1.82, 2.24) is 0 Å². The van der Waals surface area contributed by atoms with E-state index in [1.807, 2.05) is 39.8 Å². The normalized spacial score (nSPS) is 12.6. The molecule has 2 N–H and O–H groups in total. The van der Waals surface area contributed by atoms with Crippen LogP contribution in [0.1, 0.15) is 44.7 Å². The largest absolute Gasteiger partial charge is 0.493 e. The summed E-state index contributed by atoms with van der Waals surface area (Å²) in [6.07, 6.45) is 1.48. The van der Waals surface area contributed by atoms with Crippen LogP contribution in [0.15, 0.2) is 18.2 Å². The van der Waals surface area contributed by atoms with Crippen LogP contribution in [0.25, 0.3) is 0 Å². The molecule has 108 valence electrons. The molecule has 0 unspecified atom stereocenters. The summed E-state index contributed by atoms with van der Waals surface area (Å²) in [5.41, 5.74) is 1.76. The molecule has 0 aliphatic rings. The van der Waals surface area contributed by atoms with Gasteiger partial charge in [-0.2, -0.15) is 0 Å². The summed E-state index contributed by atoms with van der Waals surface area (Å²) in [7, 11) is 0. The van der Waals surface area contributed by atoms with Crippen LogP contribution >= 0.6 is 0 Å². The Morgan fingerprint density at radius 3 is 2.32 bits per heavy atom. The molecule has 3 nitrogen and oxygen atoms in total. The topological polar surface area (TPSA) is 49.7 Å². The summed E-state index contributed by atoms with van der Waals surface area (Å²) in [6.45, 7) is 9.79. The maximum absolute atomic E-state index is 9.66. The van der Waals surface area contributed by atoms with E-state index in [4.69, 9.17) is 4.74 Å². The van der Waals surface area contributed by atoms with Crippen molar-refractivity contribution in [3.63, 3.8) is 0 Å². The van der Waals surface area contributed by atoms with Crippen LogP contribution in [0.2, 0.25) is 0 Å². The molecule has 3 heteroatoms. The molecule has 0 atom stereocenters. The second kappa shape index (κ2) is 5.93. The highest BCUT2D eigenvalue weighted by Gasteiger charge is 2.36. The molecule has 0 heterocycles. The van der Waals surface area contributed by atoms with Crippen LogP contribution in [0.3, 0.4) is 0 Å². The third-order valence-electron chi connectivity index (χ3n) is 3.83. The van der Waals surface area contributed by atoms with Gasteiger partial charge in [-0.05, 0) is 50.8 Å². The van der Waals surface area contributed by atoms with E-state index in [-0.39, 0.29) is 0 Å². The molecule has 0 amide bonds. The molecular weight excluding hydrogens is 240 g/mol. The van der Waals surface area contributed by atoms with Gasteiger partial charge in [-0.25, -0.2) is 0 Å². The van der Waals surface area contributed by atoms with Crippen molar-refractivity contribution in [2.45, 2.75) is 53.2 Å². The smallest absolute Gasteiger partial charge is 0.164 e. The van der Waals surface area contributed by atoms with E-state index in [1.165, 1.54) is 12.5 Å². The fourth-order valence-electron chi connectivity index (χ4n) is 1.80. The number of rotatable bonds is 6. The van der Waals surface area contributed by atoms with Gasteiger partial charge in [0, 0.05) is 5.41 Å². The molecule has 19 heavy (non-hydrogen) atoms. The Morgan fingerprint density at radius 2 is 1.74 bits per heavy atom. The summed E-state index contributed by atoms with van der Waals surface area (Å²) >= 11 is 0. The lowest BCUT2D eigenvalue weighted by atomic mass is 9.80. The fourth-order valence-corrected chi connectivity index (χ4v) is 1.80. The molecule has 0 saturated carbocycles. The highest BCUT2D eigenvalue weighted by atomic mass is 16.5. The van der Waals surface area contributed by atoms with Gasteiger partial charge < -0.3 is 14.9 Å². The van der Waals surface area contributed by atoms with Gasteiger partial charge in [0.15, 0.2) is 5.79 Å². The molecule has 0 radical (unpaired) electrons. The first-order valence-corrected chi connectivity index (χ1v) is 6.78. The quantitative estimate of drug-likeness (QED) is 0.614. The molecule has 0 fully saturated rings. The lowest BCUT2D eigenvalue weighted by molar-refractivity contribution is -0.221. The predicted octanol–water partition coefficient (Wildman–Crippen LogP) is 3.19. The second-order valence-corrected chi connectivity index (χ2v) is 6.13. The SMILES string of the molecule is Cc1ccc(C)c(OCCCC(C)(C)C(C)(O)O)c1. The van der Waals surface area contributed by atoms with E-state index in [1.54, 1.807) is 0 Å². The van der Waals surface area contributed by atoms with Gasteiger partial charge in [-0.15, -0.1) is 0 Å². The van der Waals surface area contributed by atoms with Crippen LogP contribution < -0.4 is 4.74 Å². The van der Waals surface area contributed by atoms with Crippen LogP contribution in [0.5, 0.6) is 5.75 Å². The molecule has 0 aliphatic heterocycles. The summed E-state index contributed by atoms with van der Waals surface area (Å²) in [4.78, 5) is 0. The Kier molecular flexibility index (Phi) is 4.99. The molecule has 0 saturated heterocycles. The fraction of sp³-hybridized carbons (Fsp3) is 0.625. The molecular formula is C16H26O3. The monoisotopic (exact) mass is 266 g/mol. The first-order chi connectivity index (χ1) is 8.63. The average molecular weight is 266 g/mol. The first kappa shape index (κ1) is 16.0. The van der Waals surface area contributed by atoms with Crippen molar-refractivity contribution in [3.8, 4) is 5.75 Å². The van der Waals surface area contributed by atoms with Gasteiger partial charge in [0.05, 0.1) is 6.61 Å². The van der Waals surface area contributed by atoms with E-state index < -0.39 is 11.2 Å². The van der Waals surface area contributed by atoms with Crippen molar-refractivity contribution < 1.29 is 14.9 Å². The zero-order valence-corrected chi connectivity index (χ0v) is 12.7. The van der Waals surface area contributed by atoms with E-state index in [0.29, 0.717) is 13.0 Å². The summed E-state index contributed by atoms with van der Waals surface area (Å²) < 4.78 is 5.76. The number of aryl methyl sites for hydroxylation is 2. The van der Waals surface area contributed by atoms with Crippen molar-refractivity contribution in [1.29, 1.82) is 0 Å². The third-order valence-corrected chi connectivity index (χ3v) is 3.83. The van der Waals surface area contributed by atoms with Crippen molar-refractivity contribution in [3.05, 3.63) is 29.3 Å². The minimum Gasteiger partial charge on any atom is -0.493 e. The number of aliphatic hydroxyl groups is 2. The minimum atomic E-state index is -1.66. The average Bonchev–Trinajstić information content (AvgIpc) is 2.27. The standard InChI is InChI=1S/C16H26O3/c1-12-7-8-13(2)14(11-12)19-10-6-9-15(3,4)16(5,17)18/h7-8,11,17-18H,6,9-10H2,1-5H3. The van der Waals surface area contributed by atoms with E-state index in [0.717, 1.165) is 17.7 Å². The molecule has 0 spiro atoms. The van der Waals surface area contributed by atoms with E-state index in [2.05, 4.69) is 6.07 Å². The Bertz CT molecular complexity index is 416. The van der Waals surface area contributed by atoms with Crippen molar-refractivity contribution in [2.75, 3.05) is 6.61 Å². The van der Waals surface area contributed by atoms with Gasteiger partial charge in [0.2, 0.25) is 0 Å². The lowest BCUT2D eigenvalue weighted by Gasteiger charge is -2.35. The third kappa shape index (κ3) is 4.51. The lowest BCUT2D eigenvalue weighted by Crippen LogP contribution is -2.41. The Hall–Kier alpha value is -1.06. The highest BCUT2D eigenvalue weighted by molar-refractivity contribution is 5.35. The molecule has 0 bridgehead atoms. The van der Waals surface area contributed by atoms with Gasteiger partial charge in [-0.3, -0.25) is 0 Å². The molecule has 0 aromatic heterocycles. The van der Waals surface area contributed by atoms with Crippen molar-refractivity contribution >= 4 is 0 Å². The maximum Gasteiger partial charge on any atom is 0.164 e. The molecule has 1 rings (SSSR count). The Balaban J connectivity index is 2.45. The zero-order chi connectivity index (χ0) is 14.7. The maximum atomic E-state index is 9.66. The molecule has 1 aromatic rings. The number of hydrogen-bond acceptors (Lipinski definition) is 3. The minimum absolute atomic E-state index is 0.544. The summed E-state index contributed by atoms with van der Waals surface area (Å²) in [5, 5.41) is 19.3. The van der Waals surface area contributed by atoms with Crippen LogP contribution in [-0.2, 0) is 0 Å². The van der Waals surface area contributed by atoms with Crippen LogP contribution in [-0.4, -0.2) is 22.6 Å². The summed E-state index contributed by atoms with van der Waals surface area (Å²) in [6, 6.07) is 6.14. The van der Waals surface area contributed by atoms with E-state index >= 15 is 0 Å². The number of hydrogen-bond donors (Lipinski definition) is 2. The first-order valence-electron chi connectivity index (χ1n) is 6.78. The molecule has 0 aliphatic carbocycles. The molecule has 1 aromatic carbocycles. The predicted molar refractivity (Wildman–Crippen MR) is 77.3 cm³/mol. The van der Waals surface area contributed by atoms with Crippen LogP contribution in [0, 0.1) is 19.3 Å². The van der Waals surface area contributed by atoms with Gasteiger partial charge in [-0.1, -0.05) is 26.0 Å². The Labute approximate surface area is 116 Å². The van der Waals surface area contributed by atoms with E-state index in [9.17, 15) is 10.2 Å².